The highest BCUT2D eigenvalue weighted by atomic mass is 35.5. The van der Waals surface area contributed by atoms with Crippen LogP contribution >= 0.6 is 11.6 Å². The number of ether oxygens (including phenoxy) is 2. The molecule has 3 aromatic rings. The zero-order chi connectivity index (χ0) is 22.5. The molecule has 0 aliphatic carbocycles. The summed E-state index contributed by atoms with van der Waals surface area (Å²) in [5.74, 6) is 1.09. The Bertz CT molecular complexity index is 1240. The number of halogens is 1. The lowest BCUT2D eigenvalue weighted by Gasteiger charge is -2.47. The molecule has 3 aromatic carbocycles. The predicted octanol–water partition coefficient (Wildman–Crippen LogP) is 6.85. The maximum absolute atomic E-state index is 11.2. The first-order valence-electron chi connectivity index (χ1n) is 10.4. The van der Waals surface area contributed by atoms with Gasteiger partial charge in [-0.3, -0.25) is 0 Å². The fourth-order valence-electron chi connectivity index (χ4n) is 4.84. The average molecular weight is 447 g/mol. The highest BCUT2D eigenvalue weighted by Gasteiger charge is 2.59. The third kappa shape index (κ3) is 2.92. The molecule has 32 heavy (non-hydrogen) atoms. The zero-order valence-electron chi connectivity index (χ0n) is 18.1. The first-order valence-corrected chi connectivity index (χ1v) is 10.8. The lowest BCUT2D eigenvalue weighted by Crippen LogP contribution is -2.59. The lowest BCUT2D eigenvalue weighted by molar-refractivity contribution is 0.0493. The summed E-state index contributed by atoms with van der Waals surface area (Å²) < 4.78 is 12.4. The fourth-order valence-corrected chi connectivity index (χ4v) is 4.97. The molecule has 5 nitrogen and oxygen atoms in total. The number of nitroso groups, excluding NO2 is 1. The monoisotopic (exact) mass is 446 g/mol. The zero-order valence-corrected chi connectivity index (χ0v) is 18.9. The van der Waals surface area contributed by atoms with Gasteiger partial charge in [0.2, 0.25) is 5.72 Å². The van der Waals surface area contributed by atoms with Crippen molar-refractivity contribution in [2.24, 2.45) is 5.18 Å². The van der Waals surface area contributed by atoms with E-state index in [0.717, 1.165) is 16.8 Å². The number of methoxy groups -OCH3 is 1. The molecule has 0 saturated carbocycles. The highest BCUT2D eigenvalue weighted by Crippen LogP contribution is 2.56. The van der Waals surface area contributed by atoms with Crippen LogP contribution in [0.3, 0.4) is 0 Å². The number of para-hydroxylation sites is 1. The van der Waals surface area contributed by atoms with Crippen molar-refractivity contribution >= 4 is 29.1 Å². The van der Waals surface area contributed by atoms with Crippen LogP contribution < -0.4 is 14.4 Å². The van der Waals surface area contributed by atoms with Gasteiger partial charge < -0.3 is 14.4 Å². The summed E-state index contributed by atoms with van der Waals surface area (Å²) in [6.45, 7) is 5.02. The van der Waals surface area contributed by atoms with E-state index in [1.165, 1.54) is 5.56 Å². The molecular weight excluding hydrogens is 424 g/mol. The number of hydrogen-bond donors (Lipinski definition) is 0. The van der Waals surface area contributed by atoms with E-state index >= 15 is 0 Å². The van der Waals surface area contributed by atoms with E-state index in [2.05, 4.69) is 48.2 Å². The topological polar surface area (TPSA) is 51.1 Å². The number of fused-ring (bicyclic) bond motifs is 2. The smallest absolute Gasteiger partial charge is 0.212 e. The van der Waals surface area contributed by atoms with E-state index in [-0.39, 0.29) is 5.41 Å². The maximum Gasteiger partial charge on any atom is 0.212 e. The second-order valence-electron chi connectivity index (χ2n) is 8.64. The summed E-state index contributed by atoms with van der Waals surface area (Å²) in [4.78, 5) is 13.4. The van der Waals surface area contributed by atoms with Gasteiger partial charge in [0.05, 0.1) is 12.5 Å². The van der Waals surface area contributed by atoms with Gasteiger partial charge in [-0.05, 0) is 66.6 Å². The molecule has 2 aliphatic rings. The first-order chi connectivity index (χ1) is 15.4. The van der Waals surface area contributed by atoms with E-state index in [9.17, 15) is 4.91 Å². The third-order valence-corrected chi connectivity index (χ3v) is 6.81. The highest BCUT2D eigenvalue weighted by molar-refractivity contribution is 6.30. The second-order valence-corrected chi connectivity index (χ2v) is 9.08. The molecule has 0 aromatic heterocycles. The Hall–Kier alpha value is -3.31. The van der Waals surface area contributed by atoms with Crippen LogP contribution in [-0.2, 0) is 12.0 Å². The van der Waals surface area contributed by atoms with Gasteiger partial charge in [-0.1, -0.05) is 41.9 Å². The van der Waals surface area contributed by atoms with Gasteiger partial charge in [-0.2, -0.15) is 0 Å². The maximum atomic E-state index is 11.2. The molecule has 0 fully saturated rings. The molecule has 162 valence electrons. The van der Waals surface area contributed by atoms with E-state index in [1.54, 1.807) is 19.2 Å². The molecule has 0 radical (unpaired) electrons. The first kappa shape index (κ1) is 20.6. The standard InChI is InChI=1S/C26H23ClN2O3/c1-25(2)21-6-4-5-7-22(21)29(16-17-8-10-19(27)11-9-17)26(25)13-12-18-14-20(28-30)15-23(31-3)24(18)32-26/h4-15H,16H2,1-3H3. The molecule has 0 amide bonds. The van der Waals surface area contributed by atoms with Crippen LogP contribution in [0.2, 0.25) is 5.02 Å². The quantitative estimate of drug-likeness (QED) is 0.411. The van der Waals surface area contributed by atoms with E-state index < -0.39 is 5.72 Å². The third-order valence-electron chi connectivity index (χ3n) is 6.56. The summed E-state index contributed by atoms with van der Waals surface area (Å²) in [6.07, 6.45) is 4.08. The minimum absolute atomic E-state index is 0.303. The van der Waals surface area contributed by atoms with Gasteiger partial charge in [0.25, 0.3) is 0 Å². The van der Waals surface area contributed by atoms with Crippen LogP contribution in [0, 0.1) is 4.91 Å². The van der Waals surface area contributed by atoms with Crippen molar-refractivity contribution in [2.45, 2.75) is 31.5 Å². The number of anilines is 1. The van der Waals surface area contributed by atoms with Gasteiger partial charge in [-0.25, -0.2) is 0 Å². The van der Waals surface area contributed by atoms with Crippen molar-refractivity contribution in [1.29, 1.82) is 0 Å². The van der Waals surface area contributed by atoms with Gasteiger partial charge in [0.15, 0.2) is 11.5 Å². The number of hydrogen-bond acceptors (Lipinski definition) is 5. The van der Waals surface area contributed by atoms with Gasteiger partial charge >= 0.3 is 0 Å². The van der Waals surface area contributed by atoms with Crippen molar-refractivity contribution < 1.29 is 9.47 Å². The minimum atomic E-state index is -0.799. The summed E-state index contributed by atoms with van der Waals surface area (Å²) in [5, 5.41) is 3.78. The van der Waals surface area contributed by atoms with Gasteiger partial charge in [0, 0.05) is 28.9 Å². The Kier molecular flexibility index (Phi) is 4.75. The van der Waals surface area contributed by atoms with Crippen LogP contribution in [0.4, 0.5) is 11.4 Å². The molecule has 0 saturated heterocycles. The van der Waals surface area contributed by atoms with Crippen molar-refractivity contribution in [3.8, 4) is 11.5 Å². The summed E-state index contributed by atoms with van der Waals surface area (Å²) in [7, 11) is 1.57. The van der Waals surface area contributed by atoms with Gasteiger partial charge in [-0.15, -0.1) is 4.91 Å². The Morgan fingerprint density at radius 3 is 2.56 bits per heavy atom. The van der Waals surface area contributed by atoms with Crippen LogP contribution in [0.1, 0.15) is 30.5 Å². The Labute approximate surface area is 192 Å². The Morgan fingerprint density at radius 1 is 1.09 bits per heavy atom. The molecule has 0 bridgehead atoms. The number of nitrogens with zero attached hydrogens (tertiary/aromatic N) is 2. The van der Waals surface area contributed by atoms with Crippen molar-refractivity contribution in [2.75, 3.05) is 12.0 Å². The Balaban J connectivity index is 1.68. The second kappa shape index (κ2) is 7.38. The van der Waals surface area contributed by atoms with Crippen LogP contribution in [0.15, 0.2) is 71.9 Å². The summed E-state index contributed by atoms with van der Waals surface area (Å²) in [6, 6.07) is 19.6. The van der Waals surface area contributed by atoms with E-state index in [4.69, 9.17) is 21.1 Å². The fraction of sp³-hybridized carbons (Fsp3) is 0.231. The van der Waals surface area contributed by atoms with Crippen LogP contribution in [0.25, 0.3) is 6.08 Å². The van der Waals surface area contributed by atoms with E-state index in [1.807, 2.05) is 36.4 Å². The molecule has 1 atom stereocenters. The van der Waals surface area contributed by atoms with Gasteiger partial charge in [0.1, 0.15) is 5.69 Å². The Morgan fingerprint density at radius 2 is 1.84 bits per heavy atom. The molecule has 2 heterocycles. The predicted molar refractivity (Wildman–Crippen MR) is 128 cm³/mol. The lowest BCUT2D eigenvalue weighted by atomic mass is 9.76. The van der Waals surface area contributed by atoms with Crippen LogP contribution in [-0.4, -0.2) is 12.8 Å². The summed E-state index contributed by atoms with van der Waals surface area (Å²) in [5.41, 5.74) is 3.33. The van der Waals surface area contributed by atoms with E-state index in [0.29, 0.717) is 28.8 Å². The molecule has 6 heteroatoms. The minimum Gasteiger partial charge on any atom is -0.493 e. The van der Waals surface area contributed by atoms with Crippen molar-refractivity contribution in [3.63, 3.8) is 0 Å². The molecule has 0 N–H and O–H groups in total. The number of benzene rings is 3. The SMILES string of the molecule is COc1cc(N=O)cc2c1OC1(C=C2)N(Cc2ccc(Cl)cc2)c2ccccc2C1(C)C. The summed E-state index contributed by atoms with van der Waals surface area (Å²) >= 11 is 6.12. The van der Waals surface area contributed by atoms with Crippen molar-refractivity contribution in [1.82, 2.24) is 0 Å². The normalized spacial score (nSPS) is 19.9. The molecule has 2 aliphatic heterocycles. The number of rotatable bonds is 4. The molecular formula is C26H23ClN2O3. The largest absolute Gasteiger partial charge is 0.493 e. The molecule has 5 rings (SSSR count). The van der Waals surface area contributed by atoms with Crippen LogP contribution in [0.5, 0.6) is 11.5 Å². The molecule has 1 spiro atoms. The molecule has 1 unspecified atom stereocenters. The average Bonchev–Trinajstić information content (AvgIpc) is 2.98. The van der Waals surface area contributed by atoms with Crippen molar-refractivity contribution in [3.05, 3.63) is 93.4 Å².